The van der Waals surface area contributed by atoms with E-state index in [9.17, 15) is 0 Å². The first-order chi connectivity index (χ1) is 5.00. The number of piperazine rings is 1. The molecule has 0 aliphatic carbocycles. The molecule has 11 heavy (non-hydrogen) atoms. The molecule has 0 aromatic rings. The van der Waals surface area contributed by atoms with Crippen molar-refractivity contribution >= 4 is 0 Å². The molecule has 1 saturated heterocycles. The molecule has 0 bridgehead atoms. The van der Waals surface area contributed by atoms with Gasteiger partial charge in [0, 0.05) is 26.2 Å². The van der Waals surface area contributed by atoms with Gasteiger partial charge in [-0.15, -0.1) is 0 Å². The predicted octanol–water partition coefficient (Wildman–Crippen LogP) is -2.17. The molecule has 0 spiro atoms. The van der Waals surface area contributed by atoms with Crippen molar-refractivity contribution in [3.8, 4) is 0 Å². The molecular weight excluding hydrogens is 236 g/mol. The van der Waals surface area contributed by atoms with E-state index >= 15 is 0 Å². The van der Waals surface area contributed by atoms with Gasteiger partial charge in [0.05, 0.1) is 0 Å². The van der Waals surface area contributed by atoms with Crippen molar-refractivity contribution in [2.45, 2.75) is 0 Å². The van der Waals surface area contributed by atoms with Crippen molar-refractivity contribution in [2.75, 3.05) is 26.2 Å². The molecule has 0 unspecified atom stereocenters. The van der Waals surface area contributed by atoms with Crippen LogP contribution in [-0.2, 0) is 23.5 Å². The topological polar surface area (TPSA) is 98.7 Å². The van der Waals surface area contributed by atoms with E-state index in [-0.39, 0.29) is 0 Å². The summed E-state index contributed by atoms with van der Waals surface area (Å²) in [6.45, 7) is 4.56. The standard InChI is InChI=1S/C4H10N2.Mo.2H2O.2O/c1-2-6-4-3-5-1;;;;;/h5-6H,1-4H2;;2*1H2;;/q;+2;;;;/p-2. The van der Waals surface area contributed by atoms with Crippen LogP contribution >= 0.6 is 0 Å². The van der Waals surface area contributed by atoms with E-state index in [2.05, 4.69) is 10.6 Å². The molecule has 0 atom stereocenters. The molecule has 4 N–H and O–H groups in total. The van der Waals surface area contributed by atoms with Gasteiger partial charge < -0.3 is 10.6 Å². The minimum absolute atomic E-state index is 1.14. The zero-order valence-corrected chi connectivity index (χ0v) is 7.95. The monoisotopic (exact) mass is 250 g/mol. The fourth-order valence-electron chi connectivity index (χ4n) is 0.604. The number of hydrogen-bond acceptors (Lipinski definition) is 4. The van der Waals surface area contributed by atoms with E-state index < -0.39 is 16.7 Å². The van der Waals surface area contributed by atoms with E-state index in [1.54, 1.807) is 0 Å². The van der Waals surface area contributed by atoms with E-state index in [0.717, 1.165) is 26.2 Å². The fourth-order valence-corrected chi connectivity index (χ4v) is 0.604. The molecule has 6 nitrogen and oxygen atoms in total. The molecule has 0 amide bonds. The van der Waals surface area contributed by atoms with Crippen molar-refractivity contribution in [2.24, 2.45) is 0 Å². The van der Waals surface area contributed by atoms with Crippen molar-refractivity contribution in [1.29, 1.82) is 0 Å². The van der Waals surface area contributed by atoms with Crippen LogP contribution in [0.1, 0.15) is 0 Å². The van der Waals surface area contributed by atoms with Gasteiger partial charge in [0.2, 0.25) is 0 Å². The molecule has 1 aliphatic heterocycles. The quantitative estimate of drug-likeness (QED) is 0.364. The van der Waals surface area contributed by atoms with E-state index in [1.165, 1.54) is 0 Å². The van der Waals surface area contributed by atoms with Crippen LogP contribution in [0.4, 0.5) is 0 Å². The van der Waals surface area contributed by atoms with Gasteiger partial charge in [0.25, 0.3) is 0 Å². The van der Waals surface area contributed by atoms with Crippen LogP contribution in [-0.4, -0.2) is 33.7 Å². The average Bonchev–Trinajstić information content (AvgIpc) is 1.88. The van der Waals surface area contributed by atoms with Gasteiger partial charge in [0.15, 0.2) is 0 Å². The van der Waals surface area contributed by atoms with Crippen molar-refractivity contribution in [1.82, 2.24) is 10.6 Å². The van der Waals surface area contributed by atoms with Gasteiger partial charge in [-0.05, 0) is 0 Å². The molecule has 1 heterocycles. The summed E-state index contributed by atoms with van der Waals surface area (Å²) in [7, 11) is 0. The predicted molar refractivity (Wildman–Crippen MR) is 31.5 cm³/mol. The zero-order valence-electron chi connectivity index (χ0n) is 5.95. The Morgan fingerprint density at radius 2 is 1.09 bits per heavy atom. The van der Waals surface area contributed by atoms with Crippen LogP contribution < -0.4 is 10.6 Å². The molecule has 0 saturated carbocycles. The third-order valence-electron chi connectivity index (χ3n) is 0.957. The second kappa shape index (κ2) is 5.74. The summed E-state index contributed by atoms with van der Waals surface area (Å²) in [5, 5.41) is 6.44. The molecule has 7 heteroatoms. The Morgan fingerprint density at radius 1 is 0.909 bits per heavy atom. The maximum atomic E-state index is 8.85. The summed E-state index contributed by atoms with van der Waals surface area (Å²) in [5.41, 5.74) is 0. The number of nitrogens with one attached hydrogen (secondary N) is 2. The first kappa shape index (κ1) is 11.1. The first-order valence-electron chi connectivity index (χ1n) is 3.11. The molecule has 0 aromatic heterocycles. The van der Waals surface area contributed by atoms with Gasteiger partial charge >= 0.3 is 31.1 Å². The number of hydrogen-bond donors (Lipinski definition) is 4. The summed E-state index contributed by atoms with van der Waals surface area (Å²) < 4.78 is 32.0. The van der Waals surface area contributed by atoms with Crippen LogP contribution in [0.3, 0.4) is 0 Å². The van der Waals surface area contributed by atoms with E-state index in [0.29, 0.717) is 0 Å². The Bertz CT molecular complexity index is 155. The van der Waals surface area contributed by atoms with Crippen LogP contribution in [0.5, 0.6) is 0 Å². The van der Waals surface area contributed by atoms with Gasteiger partial charge in [-0.3, -0.25) is 0 Å². The summed E-state index contributed by atoms with van der Waals surface area (Å²) in [6.07, 6.45) is 0. The summed E-state index contributed by atoms with van der Waals surface area (Å²) in [4.78, 5) is 0. The van der Waals surface area contributed by atoms with Gasteiger partial charge in [0.1, 0.15) is 0 Å². The van der Waals surface area contributed by atoms with Crippen LogP contribution in [0.2, 0.25) is 0 Å². The Kier molecular flexibility index (Phi) is 5.80. The van der Waals surface area contributed by atoms with E-state index in [1.807, 2.05) is 0 Å². The first-order valence-corrected chi connectivity index (χ1v) is 6.55. The maximum absolute atomic E-state index is 8.85. The minimum atomic E-state index is -5.52. The molecule has 0 radical (unpaired) electrons. The van der Waals surface area contributed by atoms with Crippen LogP contribution in [0.25, 0.3) is 0 Å². The normalized spacial score (nSPS) is 18.4. The molecule has 0 aromatic carbocycles. The average molecular weight is 248 g/mol. The van der Waals surface area contributed by atoms with Crippen LogP contribution in [0.15, 0.2) is 0 Å². The van der Waals surface area contributed by atoms with Crippen LogP contribution in [0, 0.1) is 0 Å². The molecule has 1 fully saturated rings. The Hall–Kier alpha value is 0.128. The third-order valence-corrected chi connectivity index (χ3v) is 0.957. The van der Waals surface area contributed by atoms with Gasteiger partial charge in [-0.1, -0.05) is 0 Å². The Labute approximate surface area is 68.3 Å². The zero-order chi connectivity index (χ0) is 8.74. The van der Waals surface area contributed by atoms with Crippen molar-refractivity contribution in [3.63, 3.8) is 0 Å². The molecule has 1 aliphatic rings. The summed E-state index contributed by atoms with van der Waals surface area (Å²) in [5.74, 6) is 0. The summed E-state index contributed by atoms with van der Waals surface area (Å²) in [6, 6.07) is 0. The van der Waals surface area contributed by atoms with Gasteiger partial charge in [-0.2, -0.15) is 0 Å². The second-order valence-electron chi connectivity index (χ2n) is 1.95. The number of rotatable bonds is 0. The third kappa shape index (κ3) is 17.8. The Morgan fingerprint density at radius 3 is 1.18 bits per heavy atom. The Balaban J connectivity index is 0.000000187. The van der Waals surface area contributed by atoms with Crippen molar-refractivity contribution in [3.05, 3.63) is 0 Å². The fraction of sp³-hybridized carbons (Fsp3) is 1.00. The molecular formula is C4H12MoN2O4. The van der Waals surface area contributed by atoms with Gasteiger partial charge in [-0.25, -0.2) is 0 Å². The molecule has 68 valence electrons. The second-order valence-corrected chi connectivity index (χ2v) is 4.15. The van der Waals surface area contributed by atoms with Crippen molar-refractivity contribution < 1.29 is 31.1 Å². The van der Waals surface area contributed by atoms with E-state index in [4.69, 9.17) is 14.3 Å². The molecule has 1 rings (SSSR count). The summed E-state index contributed by atoms with van der Waals surface area (Å²) >= 11 is -5.52. The SMILES string of the molecule is C1CNCCN1.[O]=[Mo](=[O])([OH])[OH].